The van der Waals surface area contributed by atoms with Crippen LogP contribution in [0, 0.1) is 0 Å². The SMILES string of the molecule is CC(NC(CO)CO)C(C)c1ccccc1. The maximum absolute atomic E-state index is 9.00. The van der Waals surface area contributed by atoms with Crippen LogP contribution in [0.1, 0.15) is 25.3 Å². The minimum absolute atomic E-state index is 0.0393. The lowest BCUT2D eigenvalue weighted by atomic mass is 9.94. The van der Waals surface area contributed by atoms with Gasteiger partial charge in [-0.15, -0.1) is 0 Å². The first-order chi connectivity index (χ1) is 7.69. The van der Waals surface area contributed by atoms with Gasteiger partial charge in [0.25, 0.3) is 0 Å². The maximum Gasteiger partial charge on any atom is 0.0607 e. The van der Waals surface area contributed by atoms with Gasteiger partial charge in [-0.1, -0.05) is 37.3 Å². The quantitative estimate of drug-likeness (QED) is 0.677. The number of aliphatic hydroxyl groups excluding tert-OH is 2. The molecule has 0 spiro atoms. The zero-order chi connectivity index (χ0) is 12.0. The van der Waals surface area contributed by atoms with Gasteiger partial charge >= 0.3 is 0 Å². The molecule has 0 aliphatic carbocycles. The average molecular weight is 223 g/mol. The summed E-state index contributed by atoms with van der Waals surface area (Å²) in [6.45, 7) is 4.12. The van der Waals surface area contributed by atoms with E-state index in [2.05, 4.69) is 31.3 Å². The molecule has 1 aromatic carbocycles. The molecule has 1 rings (SSSR count). The zero-order valence-electron chi connectivity index (χ0n) is 9.93. The number of nitrogens with one attached hydrogen (secondary N) is 1. The summed E-state index contributed by atoms with van der Waals surface area (Å²) in [5.74, 6) is 0.349. The lowest BCUT2D eigenvalue weighted by Gasteiger charge is -2.25. The second-order valence-corrected chi connectivity index (χ2v) is 4.22. The van der Waals surface area contributed by atoms with Gasteiger partial charge < -0.3 is 15.5 Å². The van der Waals surface area contributed by atoms with Gasteiger partial charge in [0.15, 0.2) is 0 Å². The molecule has 0 aromatic heterocycles. The molecule has 0 saturated heterocycles. The molecule has 0 bridgehead atoms. The van der Waals surface area contributed by atoms with Crippen molar-refractivity contribution < 1.29 is 10.2 Å². The highest BCUT2D eigenvalue weighted by Crippen LogP contribution is 2.18. The molecule has 0 saturated carbocycles. The Morgan fingerprint density at radius 3 is 2.12 bits per heavy atom. The molecule has 16 heavy (non-hydrogen) atoms. The van der Waals surface area contributed by atoms with Gasteiger partial charge in [-0.3, -0.25) is 0 Å². The minimum atomic E-state index is -0.235. The molecule has 2 atom stereocenters. The Labute approximate surface area is 97.1 Å². The summed E-state index contributed by atoms with van der Waals surface area (Å²) in [5, 5.41) is 21.2. The Morgan fingerprint density at radius 2 is 1.62 bits per heavy atom. The van der Waals surface area contributed by atoms with Gasteiger partial charge in [0.05, 0.1) is 19.3 Å². The third kappa shape index (κ3) is 3.59. The highest BCUT2D eigenvalue weighted by molar-refractivity contribution is 5.20. The molecule has 0 amide bonds. The highest BCUT2D eigenvalue weighted by atomic mass is 16.3. The standard InChI is InChI=1S/C13H21NO2/c1-10(12-6-4-3-5-7-12)11(2)14-13(8-15)9-16/h3-7,10-11,13-16H,8-9H2,1-2H3. The Kier molecular flexibility index (Phi) is 5.46. The molecular weight excluding hydrogens is 202 g/mol. The van der Waals surface area contributed by atoms with E-state index in [1.165, 1.54) is 5.56 Å². The number of aliphatic hydroxyl groups is 2. The van der Waals surface area contributed by atoms with E-state index >= 15 is 0 Å². The minimum Gasteiger partial charge on any atom is -0.395 e. The summed E-state index contributed by atoms with van der Waals surface area (Å²) in [6, 6.07) is 10.2. The van der Waals surface area contributed by atoms with Crippen LogP contribution < -0.4 is 5.32 Å². The zero-order valence-corrected chi connectivity index (χ0v) is 9.93. The van der Waals surface area contributed by atoms with Gasteiger partial charge in [-0.05, 0) is 18.4 Å². The van der Waals surface area contributed by atoms with Crippen molar-refractivity contribution in [3.8, 4) is 0 Å². The number of rotatable bonds is 6. The molecule has 3 nitrogen and oxygen atoms in total. The van der Waals surface area contributed by atoms with Crippen LogP contribution in [0.15, 0.2) is 30.3 Å². The topological polar surface area (TPSA) is 52.5 Å². The van der Waals surface area contributed by atoms with Crippen molar-refractivity contribution in [2.75, 3.05) is 13.2 Å². The predicted octanol–water partition coefficient (Wildman–Crippen LogP) is 1.12. The normalized spacial score (nSPS) is 15.1. The van der Waals surface area contributed by atoms with Crippen molar-refractivity contribution >= 4 is 0 Å². The fraction of sp³-hybridized carbons (Fsp3) is 0.538. The second-order valence-electron chi connectivity index (χ2n) is 4.22. The van der Waals surface area contributed by atoms with E-state index in [0.717, 1.165) is 0 Å². The van der Waals surface area contributed by atoms with Gasteiger partial charge in [0.2, 0.25) is 0 Å². The van der Waals surface area contributed by atoms with Gasteiger partial charge in [0, 0.05) is 6.04 Å². The highest BCUT2D eigenvalue weighted by Gasteiger charge is 2.17. The van der Waals surface area contributed by atoms with E-state index in [9.17, 15) is 0 Å². The number of benzene rings is 1. The lowest BCUT2D eigenvalue weighted by Crippen LogP contribution is -2.43. The largest absolute Gasteiger partial charge is 0.395 e. The smallest absolute Gasteiger partial charge is 0.0607 e. The molecule has 0 fully saturated rings. The van der Waals surface area contributed by atoms with E-state index in [-0.39, 0.29) is 25.3 Å². The Bertz CT molecular complexity index is 285. The van der Waals surface area contributed by atoms with Crippen LogP contribution >= 0.6 is 0 Å². The van der Waals surface area contributed by atoms with Gasteiger partial charge in [-0.2, -0.15) is 0 Å². The number of hydrogen-bond donors (Lipinski definition) is 3. The molecule has 90 valence electrons. The molecule has 2 unspecified atom stereocenters. The summed E-state index contributed by atoms with van der Waals surface area (Å²) < 4.78 is 0. The van der Waals surface area contributed by atoms with Crippen LogP contribution in [0.25, 0.3) is 0 Å². The van der Waals surface area contributed by atoms with Crippen molar-refractivity contribution in [1.82, 2.24) is 5.32 Å². The fourth-order valence-electron chi connectivity index (χ4n) is 1.72. The Balaban J connectivity index is 2.57. The number of hydrogen-bond acceptors (Lipinski definition) is 3. The van der Waals surface area contributed by atoms with Gasteiger partial charge in [-0.25, -0.2) is 0 Å². The van der Waals surface area contributed by atoms with Crippen molar-refractivity contribution in [2.24, 2.45) is 0 Å². The molecule has 0 radical (unpaired) electrons. The van der Waals surface area contributed by atoms with Crippen LogP contribution in [0.3, 0.4) is 0 Å². The third-order valence-corrected chi connectivity index (χ3v) is 3.01. The average Bonchev–Trinajstić information content (AvgIpc) is 2.35. The van der Waals surface area contributed by atoms with Crippen molar-refractivity contribution in [2.45, 2.75) is 31.8 Å². The van der Waals surface area contributed by atoms with Crippen LogP contribution in [-0.2, 0) is 0 Å². The van der Waals surface area contributed by atoms with Crippen LogP contribution in [0.5, 0.6) is 0 Å². The third-order valence-electron chi connectivity index (χ3n) is 3.01. The lowest BCUT2D eigenvalue weighted by molar-refractivity contribution is 0.160. The maximum atomic E-state index is 9.00. The first kappa shape index (κ1) is 13.2. The Hall–Kier alpha value is -0.900. The molecule has 0 aliphatic rings. The molecule has 1 aromatic rings. The molecule has 0 heterocycles. The van der Waals surface area contributed by atoms with E-state index in [4.69, 9.17) is 10.2 Å². The summed E-state index contributed by atoms with van der Waals surface area (Å²) in [5.41, 5.74) is 1.26. The summed E-state index contributed by atoms with van der Waals surface area (Å²) >= 11 is 0. The first-order valence-electron chi connectivity index (χ1n) is 5.71. The van der Waals surface area contributed by atoms with E-state index < -0.39 is 0 Å². The predicted molar refractivity (Wildman–Crippen MR) is 65.4 cm³/mol. The Morgan fingerprint density at radius 1 is 1.06 bits per heavy atom. The van der Waals surface area contributed by atoms with E-state index in [1.54, 1.807) is 0 Å². The fourth-order valence-corrected chi connectivity index (χ4v) is 1.72. The van der Waals surface area contributed by atoms with Gasteiger partial charge in [0.1, 0.15) is 0 Å². The summed E-state index contributed by atoms with van der Waals surface area (Å²) in [7, 11) is 0. The second kappa shape index (κ2) is 6.63. The molecule has 3 N–H and O–H groups in total. The summed E-state index contributed by atoms with van der Waals surface area (Å²) in [4.78, 5) is 0. The van der Waals surface area contributed by atoms with E-state index in [1.807, 2.05) is 18.2 Å². The summed E-state index contributed by atoms with van der Waals surface area (Å²) in [6.07, 6.45) is 0. The van der Waals surface area contributed by atoms with Crippen molar-refractivity contribution in [3.05, 3.63) is 35.9 Å². The monoisotopic (exact) mass is 223 g/mol. The first-order valence-corrected chi connectivity index (χ1v) is 5.71. The van der Waals surface area contributed by atoms with Crippen molar-refractivity contribution in [1.29, 1.82) is 0 Å². The van der Waals surface area contributed by atoms with Crippen LogP contribution in [0.4, 0.5) is 0 Å². The van der Waals surface area contributed by atoms with Crippen LogP contribution in [-0.4, -0.2) is 35.5 Å². The van der Waals surface area contributed by atoms with Crippen molar-refractivity contribution in [3.63, 3.8) is 0 Å². The molecular formula is C13H21NO2. The van der Waals surface area contributed by atoms with E-state index in [0.29, 0.717) is 5.92 Å². The molecule has 0 aliphatic heterocycles. The van der Waals surface area contributed by atoms with Crippen LogP contribution in [0.2, 0.25) is 0 Å². The molecule has 3 heteroatoms.